The van der Waals surface area contributed by atoms with Crippen molar-refractivity contribution in [3.63, 3.8) is 0 Å². The lowest BCUT2D eigenvalue weighted by Crippen LogP contribution is -2.24. The standard InChI is InChI=1S/C18H18F3N5O/c1-2-26-9-7-11(10-26)27-14-6-5-13(18(19,20)21)16(23-14)15-12-4-3-8-22-17(12)25-24-15/h3-6,8,11H,2,7,9-10H2,1H3,(H,22,24,25). The van der Waals surface area contributed by atoms with Crippen LogP contribution in [0.1, 0.15) is 18.9 Å². The third-order valence-corrected chi connectivity index (χ3v) is 4.71. The van der Waals surface area contributed by atoms with Crippen LogP contribution in [-0.4, -0.2) is 50.8 Å². The van der Waals surface area contributed by atoms with Gasteiger partial charge < -0.3 is 4.74 Å². The van der Waals surface area contributed by atoms with E-state index in [1.165, 1.54) is 12.3 Å². The molecule has 1 atom stereocenters. The lowest BCUT2D eigenvalue weighted by molar-refractivity contribution is -0.137. The van der Waals surface area contributed by atoms with E-state index >= 15 is 0 Å². The van der Waals surface area contributed by atoms with Crippen molar-refractivity contribution in [1.29, 1.82) is 0 Å². The first-order chi connectivity index (χ1) is 13.0. The Bertz CT molecular complexity index is 956. The van der Waals surface area contributed by atoms with Gasteiger partial charge in [0.05, 0.1) is 11.3 Å². The van der Waals surface area contributed by atoms with Crippen molar-refractivity contribution >= 4 is 11.0 Å². The van der Waals surface area contributed by atoms with Crippen LogP contribution in [0.15, 0.2) is 30.5 Å². The zero-order valence-corrected chi connectivity index (χ0v) is 14.6. The highest BCUT2D eigenvalue weighted by molar-refractivity contribution is 5.90. The van der Waals surface area contributed by atoms with Gasteiger partial charge in [-0.1, -0.05) is 6.92 Å². The van der Waals surface area contributed by atoms with Crippen LogP contribution in [0.4, 0.5) is 13.2 Å². The van der Waals surface area contributed by atoms with Crippen molar-refractivity contribution in [2.24, 2.45) is 0 Å². The number of nitrogens with zero attached hydrogens (tertiary/aromatic N) is 4. The van der Waals surface area contributed by atoms with Crippen LogP contribution in [0.2, 0.25) is 0 Å². The maximum Gasteiger partial charge on any atom is 0.418 e. The number of hydrogen-bond acceptors (Lipinski definition) is 5. The van der Waals surface area contributed by atoms with E-state index in [9.17, 15) is 13.2 Å². The van der Waals surface area contributed by atoms with Crippen molar-refractivity contribution in [3.05, 3.63) is 36.0 Å². The summed E-state index contributed by atoms with van der Waals surface area (Å²) >= 11 is 0. The molecule has 3 aromatic heterocycles. The normalized spacial score (nSPS) is 18.3. The molecule has 6 nitrogen and oxygen atoms in total. The van der Waals surface area contributed by atoms with Crippen LogP contribution in [0.25, 0.3) is 22.4 Å². The molecular weight excluding hydrogens is 359 g/mol. The number of ether oxygens (including phenoxy) is 1. The Morgan fingerprint density at radius 2 is 2.15 bits per heavy atom. The first-order valence-electron chi connectivity index (χ1n) is 8.72. The largest absolute Gasteiger partial charge is 0.473 e. The third-order valence-electron chi connectivity index (χ3n) is 4.71. The minimum Gasteiger partial charge on any atom is -0.473 e. The van der Waals surface area contributed by atoms with E-state index in [-0.39, 0.29) is 23.4 Å². The molecule has 3 aromatic rings. The van der Waals surface area contributed by atoms with Crippen molar-refractivity contribution in [2.75, 3.05) is 19.6 Å². The maximum atomic E-state index is 13.5. The van der Waals surface area contributed by atoms with Gasteiger partial charge in [-0.3, -0.25) is 10.00 Å². The minimum absolute atomic E-state index is 0.0813. The van der Waals surface area contributed by atoms with Crippen LogP contribution in [0.3, 0.4) is 0 Å². The average molecular weight is 377 g/mol. The summed E-state index contributed by atoms with van der Waals surface area (Å²) in [6, 6.07) is 5.59. The molecule has 0 amide bonds. The summed E-state index contributed by atoms with van der Waals surface area (Å²) in [6.45, 7) is 4.63. The number of hydrogen-bond donors (Lipinski definition) is 1. The van der Waals surface area contributed by atoms with Gasteiger partial charge in [0.1, 0.15) is 11.8 Å². The van der Waals surface area contributed by atoms with Crippen LogP contribution in [0, 0.1) is 0 Å². The van der Waals surface area contributed by atoms with E-state index in [0.29, 0.717) is 11.0 Å². The summed E-state index contributed by atoms with van der Waals surface area (Å²) in [5.41, 5.74) is -0.563. The molecule has 1 aliphatic heterocycles. The summed E-state index contributed by atoms with van der Waals surface area (Å²) in [5, 5.41) is 7.10. The van der Waals surface area contributed by atoms with E-state index in [4.69, 9.17) is 4.74 Å². The molecular formula is C18H18F3N5O. The van der Waals surface area contributed by atoms with Crippen LogP contribution >= 0.6 is 0 Å². The fraction of sp³-hybridized carbons (Fsp3) is 0.389. The molecule has 1 saturated heterocycles. The van der Waals surface area contributed by atoms with Gasteiger partial charge in [-0.15, -0.1) is 0 Å². The van der Waals surface area contributed by atoms with Crippen LogP contribution in [-0.2, 0) is 6.18 Å². The van der Waals surface area contributed by atoms with E-state index < -0.39 is 11.7 Å². The first-order valence-corrected chi connectivity index (χ1v) is 8.72. The second-order valence-corrected chi connectivity index (χ2v) is 6.44. The highest BCUT2D eigenvalue weighted by atomic mass is 19.4. The molecule has 142 valence electrons. The molecule has 1 N–H and O–H groups in total. The number of halogens is 3. The van der Waals surface area contributed by atoms with Crippen molar-refractivity contribution in [1.82, 2.24) is 25.1 Å². The number of H-pyrrole nitrogens is 1. The van der Waals surface area contributed by atoms with Gasteiger partial charge in [-0.25, -0.2) is 9.97 Å². The molecule has 1 fully saturated rings. The lowest BCUT2D eigenvalue weighted by atomic mass is 10.1. The second kappa shape index (κ2) is 6.80. The molecule has 0 saturated carbocycles. The van der Waals surface area contributed by atoms with Crippen molar-refractivity contribution in [3.8, 4) is 17.3 Å². The Balaban J connectivity index is 1.74. The zero-order chi connectivity index (χ0) is 19.0. The number of nitrogens with one attached hydrogen (secondary N) is 1. The van der Waals surface area contributed by atoms with E-state index in [2.05, 4.69) is 32.0 Å². The molecule has 0 radical (unpaired) electrons. The fourth-order valence-corrected chi connectivity index (χ4v) is 3.31. The van der Waals surface area contributed by atoms with Gasteiger partial charge in [0.25, 0.3) is 0 Å². The van der Waals surface area contributed by atoms with Crippen LogP contribution < -0.4 is 4.74 Å². The summed E-state index contributed by atoms with van der Waals surface area (Å²) in [6.07, 6.45) is -2.28. The number of aromatic nitrogens is 4. The average Bonchev–Trinajstić information content (AvgIpc) is 3.27. The van der Waals surface area contributed by atoms with Crippen molar-refractivity contribution in [2.45, 2.75) is 25.6 Å². The molecule has 0 aromatic carbocycles. The minimum atomic E-state index is -4.55. The monoisotopic (exact) mass is 377 g/mol. The van der Waals surface area contributed by atoms with Gasteiger partial charge in [0, 0.05) is 30.7 Å². The molecule has 1 unspecified atom stereocenters. The zero-order valence-electron chi connectivity index (χ0n) is 14.6. The number of likely N-dealkylation sites (N-methyl/N-ethyl adjacent to an activating group) is 1. The first kappa shape index (κ1) is 17.7. The molecule has 9 heteroatoms. The van der Waals surface area contributed by atoms with E-state index in [1.807, 2.05) is 0 Å². The smallest absolute Gasteiger partial charge is 0.418 e. The van der Waals surface area contributed by atoms with Crippen LogP contribution in [0.5, 0.6) is 5.88 Å². The van der Waals surface area contributed by atoms with Gasteiger partial charge in [-0.2, -0.15) is 18.3 Å². The number of likely N-dealkylation sites (tertiary alicyclic amines) is 1. The number of rotatable bonds is 4. The summed E-state index contributed by atoms with van der Waals surface area (Å²) < 4.78 is 46.5. The van der Waals surface area contributed by atoms with Gasteiger partial charge in [-0.05, 0) is 31.2 Å². The Labute approximate surface area is 153 Å². The van der Waals surface area contributed by atoms with E-state index in [0.717, 1.165) is 32.1 Å². The summed E-state index contributed by atoms with van der Waals surface area (Å²) in [4.78, 5) is 10.5. The Kier molecular flexibility index (Phi) is 4.47. The second-order valence-electron chi connectivity index (χ2n) is 6.44. The molecule has 4 rings (SSSR count). The number of alkyl halides is 3. The van der Waals surface area contributed by atoms with Gasteiger partial charge in [0.15, 0.2) is 5.65 Å². The molecule has 0 bridgehead atoms. The number of aromatic amines is 1. The third kappa shape index (κ3) is 3.46. The molecule has 1 aliphatic rings. The highest BCUT2D eigenvalue weighted by Crippen LogP contribution is 2.38. The lowest BCUT2D eigenvalue weighted by Gasteiger charge is -2.17. The fourth-order valence-electron chi connectivity index (χ4n) is 3.31. The van der Waals surface area contributed by atoms with E-state index in [1.54, 1.807) is 12.1 Å². The maximum absolute atomic E-state index is 13.5. The number of fused-ring (bicyclic) bond motifs is 1. The Morgan fingerprint density at radius 3 is 2.89 bits per heavy atom. The van der Waals surface area contributed by atoms with Gasteiger partial charge >= 0.3 is 6.18 Å². The Hall–Kier alpha value is -2.68. The molecule has 0 aliphatic carbocycles. The SMILES string of the molecule is CCN1CCC(Oc2ccc(C(F)(F)F)c(-c3[nH]nc4ncccc34)n2)C1. The summed E-state index contributed by atoms with van der Waals surface area (Å²) in [7, 11) is 0. The molecule has 0 spiro atoms. The predicted octanol–water partition coefficient (Wildman–Crippen LogP) is 3.51. The topological polar surface area (TPSA) is 66.9 Å². The predicted molar refractivity (Wildman–Crippen MR) is 93.3 cm³/mol. The number of pyridine rings is 2. The van der Waals surface area contributed by atoms with Gasteiger partial charge in [0.2, 0.25) is 5.88 Å². The Morgan fingerprint density at radius 1 is 1.30 bits per heavy atom. The summed E-state index contributed by atoms with van der Waals surface area (Å²) in [5.74, 6) is 0.174. The van der Waals surface area contributed by atoms with Crippen molar-refractivity contribution < 1.29 is 17.9 Å². The molecule has 27 heavy (non-hydrogen) atoms. The highest BCUT2D eigenvalue weighted by Gasteiger charge is 2.36. The molecule has 4 heterocycles. The quantitative estimate of drug-likeness (QED) is 0.754.